The molecule has 0 bridgehead atoms. The van der Waals surface area contributed by atoms with E-state index in [-0.39, 0.29) is 17.9 Å². The van der Waals surface area contributed by atoms with Crippen molar-refractivity contribution < 1.29 is 4.79 Å². The largest absolute Gasteiger partial charge is 0.326 e. The number of benzene rings is 1. The van der Waals surface area contributed by atoms with Crippen molar-refractivity contribution in [2.24, 2.45) is 0 Å². The van der Waals surface area contributed by atoms with Gasteiger partial charge in [0.1, 0.15) is 4.83 Å². The van der Waals surface area contributed by atoms with E-state index in [1.165, 1.54) is 22.2 Å². The molecule has 0 spiro atoms. The number of nitrogens with zero attached hydrogens (tertiary/aromatic N) is 2. The number of aromatic nitrogens is 2. The minimum Gasteiger partial charge on any atom is -0.326 e. The summed E-state index contributed by atoms with van der Waals surface area (Å²) in [5.41, 5.74) is 3.90. The van der Waals surface area contributed by atoms with E-state index in [2.05, 4.69) is 10.3 Å². The third kappa shape index (κ3) is 3.35. The van der Waals surface area contributed by atoms with Crippen LogP contribution < -0.4 is 10.9 Å². The lowest BCUT2D eigenvalue weighted by Crippen LogP contribution is -2.23. The first kappa shape index (κ1) is 17.4. The standard InChI is InChI=1S/C19H21N3O2S/c1-11-6-5-7-15(12(11)2)21-16(23)8-9-22-10-20-18-17(19(22)24)13(3)14(4)25-18/h5-7,10H,8-9H2,1-4H3,(H,21,23). The molecule has 0 aliphatic rings. The monoisotopic (exact) mass is 355 g/mol. The molecule has 0 saturated carbocycles. The van der Waals surface area contributed by atoms with Crippen LogP contribution in [0.1, 0.15) is 28.0 Å². The van der Waals surface area contributed by atoms with Gasteiger partial charge >= 0.3 is 0 Å². The van der Waals surface area contributed by atoms with E-state index in [0.29, 0.717) is 11.9 Å². The van der Waals surface area contributed by atoms with Crippen LogP contribution in [0.2, 0.25) is 0 Å². The normalized spacial score (nSPS) is 11.0. The Morgan fingerprint density at radius 2 is 1.96 bits per heavy atom. The lowest BCUT2D eigenvalue weighted by Gasteiger charge is -2.11. The second-order valence-corrected chi connectivity index (χ2v) is 7.46. The average Bonchev–Trinajstić information content (AvgIpc) is 2.86. The smallest absolute Gasteiger partial charge is 0.262 e. The molecule has 1 amide bonds. The molecule has 0 atom stereocenters. The number of nitrogens with one attached hydrogen (secondary N) is 1. The summed E-state index contributed by atoms with van der Waals surface area (Å²) in [5.74, 6) is -0.112. The number of hydrogen-bond acceptors (Lipinski definition) is 4. The van der Waals surface area contributed by atoms with Gasteiger partial charge in [0, 0.05) is 23.5 Å². The minimum atomic E-state index is -0.112. The quantitative estimate of drug-likeness (QED) is 0.776. The predicted octanol–water partition coefficient (Wildman–Crippen LogP) is 3.72. The van der Waals surface area contributed by atoms with Crippen molar-refractivity contribution in [3.05, 3.63) is 56.4 Å². The van der Waals surface area contributed by atoms with Crippen LogP contribution in [0.3, 0.4) is 0 Å². The van der Waals surface area contributed by atoms with Crippen LogP contribution in [-0.2, 0) is 11.3 Å². The summed E-state index contributed by atoms with van der Waals surface area (Å²) in [4.78, 5) is 31.1. The molecular weight excluding hydrogens is 334 g/mol. The molecule has 1 N–H and O–H groups in total. The SMILES string of the molecule is Cc1cccc(NC(=O)CCn2cnc3sc(C)c(C)c3c2=O)c1C. The van der Waals surface area contributed by atoms with Gasteiger partial charge in [0.05, 0.1) is 11.7 Å². The molecule has 130 valence electrons. The highest BCUT2D eigenvalue weighted by molar-refractivity contribution is 7.18. The summed E-state index contributed by atoms with van der Waals surface area (Å²) in [5, 5.41) is 3.59. The maximum Gasteiger partial charge on any atom is 0.262 e. The van der Waals surface area contributed by atoms with Crippen molar-refractivity contribution in [2.75, 3.05) is 5.32 Å². The molecule has 5 nitrogen and oxygen atoms in total. The fraction of sp³-hybridized carbons (Fsp3) is 0.316. The van der Waals surface area contributed by atoms with Gasteiger partial charge in [-0.2, -0.15) is 0 Å². The lowest BCUT2D eigenvalue weighted by molar-refractivity contribution is -0.116. The first-order valence-electron chi connectivity index (χ1n) is 8.19. The summed E-state index contributed by atoms with van der Waals surface area (Å²) in [7, 11) is 0. The molecule has 0 saturated heterocycles. The number of carbonyl (C=O) groups is 1. The Morgan fingerprint density at radius 1 is 1.20 bits per heavy atom. The molecule has 3 aromatic rings. The Morgan fingerprint density at radius 3 is 2.72 bits per heavy atom. The maximum atomic E-state index is 12.6. The first-order valence-corrected chi connectivity index (χ1v) is 9.01. The van der Waals surface area contributed by atoms with Crippen molar-refractivity contribution in [1.29, 1.82) is 0 Å². The third-order valence-electron chi connectivity index (χ3n) is 4.61. The van der Waals surface area contributed by atoms with Crippen LogP contribution >= 0.6 is 11.3 Å². The van der Waals surface area contributed by atoms with E-state index in [9.17, 15) is 9.59 Å². The maximum absolute atomic E-state index is 12.6. The van der Waals surface area contributed by atoms with Crippen LogP contribution in [0, 0.1) is 27.7 Å². The van der Waals surface area contributed by atoms with Gasteiger partial charge in [0.2, 0.25) is 5.91 Å². The van der Waals surface area contributed by atoms with E-state index < -0.39 is 0 Å². The zero-order chi connectivity index (χ0) is 18.1. The van der Waals surface area contributed by atoms with Crippen LogP contribution in [0.4, 0.5) is 5.69 Å². The number of fused-ring (bicyclic) bond motifs is 1. The fourth-order valence-electron chi connectivity index (χ4n) is 2.75. The summed E-state index contributed by atoms with van der Waals surface area (Å²) in [6, 6.07) is 5.82. The Kier molecular flexibility index (Phi) is 4.72. The van der Waals surface area contributed by atoms with Crippen LogP contribution in [0.15, 0.2) is 29.3 Å². The highest BCUT2D eigenvalue weighted by atomic mass is 32.1. The molecule has 0 unspecified atom stereocenters. The van der Waals surface area contributed by atoms with Gasteiger partial charge in [-0.25, -0.2) is 4.98 Å². The summed E-state index contributed by atoms with van der Waals surface area (Å²) in [6.07, 6.45) is 1.76. The van der Waals surface area contributed by atoms with Gasteiger partial charge < -0.3 is 5.32 Å². The molecule has 1 aromatic carbocycles. The summed E-state index contributed by atoms with van der Waals surface area (Å²) >= 11 is 1.53. The van der Waals surface area contributed by atoms with Gasteiger partial charge in [-0.1, -0.05) is 12.1 Å². The van der Waals surface area contributed by atoms with Gasteiger partial charge in [-0.3, -0.25) is 14.2 Å². The molecule has 0 aliphatic carbocycles. The van der Waals surface area contributed by atoms with E-state index >= 15 is 0 Å². The zero-order valence-electron chi connectivity index (χ0n) is 14.8. The minimum absolute atomic E-state index is 0.0774. The van der Waals surface area contributed by atoms with Crippen molar-refractivity contribution in [1.82, 2.24) is 9.55 Å². The van der Waals surface area contributed by atoms with Gasteiger partial charge in [0.15, 0.2) is 0 Å². The molecule has 2 aromatic heterocycles. The Hall–Kier alpha value is -2.47. The van der Waals surface area contributed by atoms with E-state index in [0.717, 1.165) is 32.1 Å². The molecular formula is C19H21N3O2S. The van der Waals surface area contributed by atoms with E-state index in [1.807, 2.05) is 45.9 Å². The number of anilines is 1. The molecule has 3 rings (SSSR count). The molecule has 2 heterocycles. The average molecular weight is 355 g/mol. The zero-order valence-corrected chi connectivity index (χ0v) is 15.7. The third-order valence-corrected chi connectivity index (χ3v) is 5.73. The van der Waals surface area contributed by atoms with Gasteiger partial charge in [0.25, 0.3) is 5.56 Å². The van der Waals surface area contributed by atoms with Gasteiger partial charge in [-0.15, -0.1) is 11.3 Å². The Bertz CT molecular complexity index is 1020. The molecule has 25 heavy (non-hydrogen) atoms. The summed E-state index contributed by atoms with van der Waals surface area (Å²) in [6.45, 7) is 8.23. The Balaban J connectivity index is 1.75. The number of carbonyl (C=O) groups excluding carboxylic acids is 1. The van der Waals surface area contributed by atoms with Crippen LogP contribution in [0.5, 0.6) is 0 Å². The lowest BCUT2D eigenvalue weighted by atomic mass is 10.1. The molecule has 0 fully saturated rings. The van der Waals surface area contributed by atoms with Crippen molar-refractivity contribution in [3.63, 3.8) is 0 Å². The number of amides is 1. The summed E-state index contributed by atoms with van der Waals surface area (Å²) < 4.78 is 1.52. The van der Waals surface area contributed by atoms with Crippen LogP contribution in [0.25, 0.3) is 10.2 Å². The molecule has 6 heteroatoms. The van der Waals surface area contributed by atoms with E-state index in [4.69, 9.17) is 0 Å². The number of hydrogen-bond donors (Lipinski definition) is 1. The number of aryl methyl sites for hydroxylation is 4. The van der Waals surface area contributed by atoms with Crippen molar-refractivity contribution >= 4 is 33.1 Å². The van der Waals surface area contributed by atoms with Gasteiger partial charge in [-0.05, 0) is 50.5 Å². The number of thiophene rings is 1. The molecule has 0 aliphatic heterocycles. The molecule has 0 radical (unpaired) electrons. The highest BCUT2D eigenvalue weighted by Crippen LogP contribution is 2.25. The fourth-order valence-corrected chi connectivity index (χ4v) is 3.74. The second-order valence-electron chi connectivity index (χ2n) is 6.25. The topological polar surface area (TPSA) is 64.0 Å². The van der Waals surface area contributed by atoms with Crippen molar-refractivity contribution in [2.45, 2.75) is 40.7 Å². The highest BCUT2D eigenvalue weighted by Gasteiger charge is 2.13. The van der Waals surface area contributed by atoms with Crippen molar-refractivity contribution in [3.8, 4) is 0 Å². The van der Waals surface area contributed by atoms with E-state index in [1.54, 1.807) is 0 Å². The Labute approximate surface area is 150 Å². The number of rotatable bonds is 4. The first-order chi connectivity index (χ1) is 11.9. The predicted molar refractivity (Wildman–Crippen MR) is 103 cm³/mol. The van der Waals surface area contributed by atoms with Crippen LogP contribution in [-0.4, -0.2) is 15.5 Å². The second kappa shape index (κ2) is 6.80.